The molecule has 0 radical (unpaired) electrons. The SMILES string of the molecule is C[C@H](CO[C@@H](c1ccccc1)[C@@H]1CNc2cccnc2N1)c1ccc(C#N)cc1. The lowest BCUT2D eigenvalue weighted by molar-refractivity contribution is 0.0338. The average molecular weight is 384 g/mol. The van der Waals surface area contributed by atoms with Gasteiger partial charge in [-0.2, -0.15) is 5.26 Å². The molecule has 0 saturated carbocycles. The van der Waals surface area contributed by atoms with Crippen molar-refractivity contribution < 1.29 is 4.74 Å². The molecule has 1 aliphatic heterocycles. The monoisotopic (exact) mass is 384 g/mol. The molecule has 2 aromatic carbocycles. The first kappa shape index (κ1) is 19.0. The Bertz CT molecular complexity index is 982. The van der Waals surface area contributed by atoms with Crippen molar-refractivity contribution in [3.63, 3.8) is 0 Å². The van der Waals surface area contributed by atoms with Crippen LogP contribution in [0.1, 0.15) is 35.6 Å². The molecule has 0 amide bonds. The summed E-state index contributed by atoms with van der Waals surface area (Å²) in [5.74, 6) is 1.07. The fourth-order valence-electron chi connectivity index (χ4n) is 3.61. The smallest absolute Gasteiger partial charge is 0.149 e. The predicted molar refractivity (Wildman–Crippen MR) is 115 cm³/mol. The van der Waals surface area contributed by atoms with E-state index in [1.807, 2.05) is 54.6 Å². The minimum absolute atomic E-state index is 0.0629. The summed E-state index contributed by atoms with van der Waals surface area (Å²) in [6, 6.07) is 24.2. The first-order valence-corrected chi connectivity index (χ1v) is 9.86. The highest BCUT2D eigenvalue weighted by molar-refractivity contribution is 5.66. The van der Waals surface area contributed by atoms with E-state index >= 15 is 0 Å². The molecule has 5 heteroatoms. The molecule has 29 heavy (non-hydrogen) atoms. The maximum absolute atomic E-state index is 8.99. The zero-order valence-electron chi connectivity index (χ0n) is 16.4. The lowest BCUT2D eigenvalue weighted by Crippen LogP contribution is -2.39. The van der Waals surface area contributed by atoms with Crippen LogP contribution in [0, 0.1) is 11.3 Å². The van der Waals surface area contributed by atoms with Crippen LogP contribution >= 0.6 is 0 Å². The topological polar surface area (TPSA) is 70.0 Å². The van der Waals surface area contributed by atoms with Gasteiger partial charge in [0.1, 0.15) is 11.9 Å². The van der Waals surface area contributed by atoms with Crippen LogP contribution < -0.4 is 10.6 Å². The third-order valence-electron chi connectivity index (χ3n) is 5.27. The Hall–Kier alpha value is -3.36. The summed E-state index contributed by atoms with van der Waals surface area (Å²) >= 11 is 0. The maximum atomic E-state index is 8.99. The van der Waals surface area contributed by atoms with Gasteiger partial charge in [-0.1, -0.05) is 49.4 Å². The van der Waals surface area contributed by atoms with Gasteiger partial charge in [-0.3, -0.25) is 0 Å². The number of fused-ring (bicyclic) bond motifs is 1. The Morgan fingerprint density at radius 2 is 1.86 bits per heavy atom. The molecule has 2 heterocycles. The standard InChI is InChI=1S/C24H24N4O/c1-17(19-11-9-18(14-25)10-12-19)16-29-23(20-6-3-2-4-7-20)22-15-27-21-8-5-13-26-24(21)28-22/h2-13,17,22-23,27H,15-16H2,1H3,(H,26,28)/t17-,22+,23+/m1/s1. The number of anilines is 2. The van der Waals surface area contributed by atoms with Gasteiger partial charge < -0.3 is 15.4 Å². The van der Waals surface area contributed by atoms with Crippen molar-refractivity contribution in [3.05, 3.63) is 89.6 Å². The second kappa shape index (κ2) is 8.76. The van der Waals surface area contributed by atoms with Crippen molar-refractivity contribution in [2.75, 3.05) is 23.8 Å². The molecular formula is C24H24N4O. The number of nitrogens with zero attached hydrogens (tertiary/aromatic N) is 2. The Labute approximate surface area is 171 Å². The Kier molecular flexibility index (Phi) is 5.73. The highest BCUT2D eigenvalue weighted by Crippen LogP contribution is 2.31. The van der Waals surface area contributed by atoms with Crippen LogP contribution in [0.25, 0.3) is 0 Å². The van der Waals surface area contributed by atoms with Gasteiger partial charge in [0.05, 0.1) is 30.0 Å². The van der Waals surface area contributed by atoms with E-state index in [1.165, 1.54) is 0 Å². The summed E-state index contributed by atoms with van der Waals surface area (Å²) in [6.07, 6.45) is 1.68. The molecule has 0 aliphatic carbocycles. The van der Waals surface area contributed by atoms with E-state index in [1.54, 1.807) is 6.20 Å². The molecule has 3 atom stereocenters. The second-order valence-corrected chi connectivity index (χ2v) is 7.33. The van der Waals surface area contributed by atoms with Gasteiger partial charge >= 0.3 is 0 Å². The van der Waals surface area contributed by atoms with Gasteiger partial charge in [0.2, 0.25) is 0 Å². The largest absolute Gasteiger partial charge is 0.380 e. The van der Waals surface area contributed by atoms with E-state index in [-0.39, 0.29) is 18.1 Å². The Balaban J connectivity index is 1.50. The third-order valence-corrected chi connectivity index (χ3v) is 5.27. The molecule has 0 unspecified atom stereocenters. The first-order chi connectivity index (χ1) is 14.2. The average Bonchev–Trinajstić information content (AvgIpc) is 2.79. The van der Waals surface area contributed by atoms with Crippen LogP contribution in [0.2, 0.25) is 0 Å². The highest BCUT2D eigenvalue weighted by Gasteiger charge is 2.28. The van der Waals surface area contributed by atoms with Crippen molar-refractivity contribution in [3.8, 4) is 6.07 Å². The number of hydrogen-bond acceptors (Lipinski definition) is 5. The maximum Gasteiger partial charge on any atom is 0.149 e. The van der Waals surface area contributed by atoms with Crippen LogP contribution in [0.15, 0.2) is 72.9 Å². The van der Waals surface area contributed by atoms with Crippen LogP contribution in [0.3, 0.4) is 0 Å². The lowest BCUT2D eigenvalue weighted by Gasteiger charge is -2.34. The van der Waals surface area contributed by atoms with E-state index in [0.29, 0.717) is 12.2 Å². The number of rotatable bonds is 6. The van der Waals surface area contributed by atoms with Gasteiger partial charge in [-0.15, -0.1) is 0 Å². The van der Waals surface area contributed by atoms with Gasteiger partial charge in [0.15, 0.2) is 0 Å². The van der Waals surface area contributed by atoms with Crippen LogP contribution in [-0.4, -0.2) is 24.2 Å². The summed E-state index contributed by atoms with van der Waals surface area (Å²) in [6.45, 7) is 3.48. The van der Waals surface area contributed by atoms with Gasteiger partial charge in [0.25, 0.3) is 0 Å². The van der Waals surface area contributed by atoms with Gasteiger partial charge in [-0.05, 0) is 35.4 Å². The Morgan fingerprint density at radius 3 is 2.62 bits per heavy atom. The predicted octanol–water partition coefficient (Wildman–Crippen LogP) is 4.72. The number of aromatic nitrogens is 1. The zero-order valence-corrected chi connectivity index (χ0v) is 16.4. The third kappa shape index (κ3) is 4.39. The Morgan fingerprint density at radius 1 is 1.07 bits per heavy atom. The molecule has 0 saturated heterocycles. The fourth-order valence-corrected chi connectivity index (χ4v) is 3.61. The molecular weight excluding hydrogens is 360 g/mol. The van der Waals surface area contributed by atoms with E-state index in [9.17, 15) is 0 Å². The number of ether oxygens (including phenoxy) is 1. The molecule has 0 bridgehead atoms. The normalized spacial score (nSPS) is 17.2. The minimum Gasteiger partial charge on any atom is -0.380 e. The van der Waals surface area contributed by atoms with Crippen LogP contribution in [0.4, 0.5) is 11.5 Å². The number of benzene rings is 2. The summed E-state index contributed by atoms with van der Waals surface area (Å²) < 4.78 is 6.46. The quantitative estimate of drug-likeness (QED) is 0.643. The van der Waals surface area contributed by atoms with Crippen molar-refractivity contribution in [1.82, 2.24) is 4.98 Å². The van der Waals surface area contributed by atoms with Crippen molar-refractivity contribution >= 4 is 11.5 Å². The molecule has 4 rings (SSSR count). The van der Waals surface area contributed by atoms with E-state index in [0.717, 1.165) is 29.2 Å². The van der Waals surface area contributed by atoms with Crippen molar-refractivity contribution in [1.29, 1.82) is 5.26 Å². The van der Waals surface area contributed by atoms with Gasteiger partial charge in [0, 0.05) is 18.7 Å². The molecule has 5 nitrogen and oxygen atoms in total. The lowest BCUT2D eigenvalue weighted by atomic mass is 9.98. The fraction of sp³-hybridized carbons (Fsp3) is 0.250. The van der Waals surface area contributed by atoms with Crippen molar-refractivity contribution in [2.45, 2.75) is 25.0 Å². The molecule has 146 valence electrons. The molecule has 1 aliphatic rings. The minimum atomic E-state index is -0.111. The molecule has 2 N–H and O–H groups in total. The zero-order chi connectivity index (χ0) is 20.1. The van der Waals surface area contributed by atoms with E-state index < -0.39 is 0 Å². The van der Waals surface area contributed by atoms with Crippen molar-refractivity contribution in [2.24, 2.45) is 0 Å². The number of nitriles is 1. The highest BCUT2D eigenvalue weighted by atomic mass is 16.5. The van der Waals surface area contributed by atoms with E-state index in [4.69, 9.17) is 10.00 Å². The summed E-state index contributed by atoms with van der Waals surface area (Å²) in [4.78, 5) is 4.45. The number of hydrogen-bond donors (Lipinski definition) is 2. The summed E-state index contributed by atoms with van der Waals surface area (Å²) in [7, 11) is 0. The summed E-state index contributed by atoms with van der Waals surface area (Å²) in [5, 5.41) is 16.0. The molecule has 0 fully saturated rings. The molecule has 3 aromatic rings. The van der Waals surface area contributed by atoms with Crippen LogP contribution in [0.5, 0.6) is 0 Å². The van der Waals surface area contributed by atoms with E-state index in [2.05, 4.69) is 40.7 Å². The number of pyridine rings is 1. The van der Waals surface area contributed by atoms with Gasteiger partial charge in [-0.25, -0.2) is 4.98 Å². The number of nitrogens with one attached hydrogen (secondary N) is 2. The first-order valence-electron chi connectivity index (χ1n) is 9.86. The summed E-state index contributed by atoms with van der Waals surface area (Å²) in [5.41, 5.74) is 3.99. The molecule has 1 aromatic heterocycles. The molecule has 0 spiro atoms. The second-order valence-electron chi connectivity index (χ2n) is 7.33. The van der Waals surface area contributed by atoms with Crippen LogP contribution in [-0.2, 0) is 4.74 Å².